The van der Waals surface area contributed by atoms with Crippen molar-refractivity contribution in [2.75, 3.05) is 0 Å². The minimum Gasteiger partial charge on any atom is 0 e. The van der Waals surface area contributed by atoms with Gasteiger partial charge in [-0.15, -0.1) is 0 Å². The van der Waals surface area contributed by atoms with E-state index in [1.165, 1.54) is 12.2 Å². The van der Waals surface area contributed by atoms with Crippen molar-refractivity contribution in [3.8, 4) is 0 Å². The van der Waals surface area contributed by atoms with Crippen molar-refractivity contribution in [1.82, 2.24) is 0 Å². The molecule has 0 rings (SSSR count). The molecule has 0 aromatic carbocycles. The van der Waals surface area contributed by atoms with Gasteiger partial charge in [0, 0.05) is 36.0 Å². The van der Waals surface area contributed by atoms with Crippen LogP contribution in [0.4, 0.5) is 0 Å². The van der Waals surface area contributed by atoms with E-state index < -0.39 is 17.6 Å². The first-order chi connectivity index (χ1) is 3.41. The summed E-state index contributed by atoms with van der Waals surface area (Å²) in [6, 6.07) is 0. The van der Waals surface area contributed by atoms with Gasteiger partial charge in [0.2, 0.25) is 0 Å². The van der Waals surface area contributed by atoms with Crippen molar-refractivity contribution < 1.29 is 63.2 Å². The second kappa shape index (κ2) is 15.8. The molecule has 0 heterocycles. The third-order valence-corrected chi connectivity index (χ3v) is 1.41. The molecule has 4 nitrogen and oxygen atoms in total. The Morgan fingerprint density at radius 2 is 1.44 bits per heavy atom. The molecule has 0 aromatic rings. The molecule has 0 unspecified atom stereocenters. The summed E-state index contributed by atoms with van der Waals surface area (Å²) in [5, 5.41) is 0. The van der Waals surface area contributed by atoms with E-state index >= 15 is 0 Å². The Bertz CT molecular complexity index is 124. The second-order valence-corrected chi connectivity index (χ2v) is 2.56. The van der Waals surface area contributed by atoms with E-state index in [-0.39, 0.29) is 36.0 Å². The van der Waals surface area contributed by atoms with Crippen molar-refractivity contribution in [1.29, 1.82) is 0 Å². The standard InChI is InChI=1S/2CNO.Ni.2Zn/c2*2-1-3;;;/q2*-1;;;+2. The molecule has 7 heteroatoms. The van der Waals surface area contributed by atoms with Gasteiger partial charge in [0.1, 0.15) is 0 Å². The van der Waals surface area contributed by atoms with Crippen LogP contribution in [-0.2, 0) is 63.2 Å². The summed E-state index contributed by atoms with van der Waals surface area (Å²) in [5.41, 5.74) is 0. The van der Waals surface area contributed by atoms with E-state index in [0.717, 1.165) is 0 Å². The maximum absolute atomic E-state index is 9.25. The molecule has 0 bridgehead atoms. The molecule has 44 valence electrons. The van der Waals surface area contributed by atoms with Crippen molar-refractivity contribution in [3.05, 3.63) is 0 Å². The first kappa shape index (κ1) is 16.2. The molecule has 0 saturated carbocycles. The molecule has 0 spiro atoms. The van der Waals surface area contributed by atoms with Gasteiger partial charge in [0.25, 0.3) is 0 Å². The van der Waals surface area contributed by atoms with Crippen LogP contribution in [-0.4, -0.2) is 12.2 Å². The zero-order valence-electron chi connectivity index (χ0n) is 4.44. The molecule has 0 aromatic heterocycles. The van der Waals surface area contributed by atoms with Gasteiger partial charge in [-0.1, -0.05) is 0 Å². The zero-order valence-corrected chi connectivity index (χ0v) is 11.4. The Morgan fingerprint density at radius 1 is 1.11 bits per heavy atom. The summed E-state index contributed by atoms with van der Waals surface area (Å²) < 4.78 is 6.23. The number of nitrogens with zero attached hydrogens (tertiary/aromatic N) is 2. The molecular weight excluding hydrogens is 274 g/mol. The molecule has 0 aliphatic heterocycles. The Morgan fingerprint density at radius 3 is 1.67 bits per heavy atom. The van der Waals surface area contributed by atoms with Crippen LogP contribution in [0.15, 0.2) is 7.47 Å². The maximum atomic E-state index is 9.25. The number of carbonyl (C=O) groups excluding carboxylic acids is 2. The van der Waals surface area contributed by atoms with E-state index in [1.807, 2.05) is 0 Å². The average Bonchev–Trinajstić information content (AvgIpc) is 1.69. The third-order valence-electron chi connectivity index (χ3n) is 0.271. The van der Waals surface area contributed by atoms with Crippen LogP contribution in [0, 0.1) is 0 Å². The fourth-order valence-electron chi connectivity index (χ4n) is 0.0931. The molecule has 0 radical (unpaired) electrons. The summed E-state index contributed by atoms with van der Waals surface area (Å²) in [5.74, 6) is 0. The molecule has 0 N–H and O–H groups in total. The van der Waals surface area contributed by atoms with Crippen molar-refractivity contribution in [2.45, 2.75) is 0 Å². The molecule has 0 aliphatic rings. The van der Waals surface area contributed by atoms with Crippen molar-refractivity contribution in [3.63, 3.8) is 0 Å². The molecule has 0 atom stereocenters. The quantitative estimate of drug-likeness (QED) is 0.389. The fraction of sp³-hybridized carbons (Fsp3) is 0. The normalized spacial score (nSPS) is 3.56. The summed E-state index contributed by atoms with van der Waals surface area (Å²) in [7, 11) is 0. The molecule has 0 amide bonds. The monoisotopic (exact) mass is 270 g/mol. The molecule has 0 fully saturated rings. The topological polar surface area (TPSA) is 58.9 Å². The van der Waals surface area contributed by atoms with Gasteiger partial charge in [0.05, 0.1) is 0 Å². The molecule has 0 aliphatic carbocycles. The van der Waals surface area contributed by atoms with Crippen LogP contribution in [0.3, 0.4) is 0 Å². The number of hydrogen-bond acceptors (Lipinski definition) is 4. The van der Waals surface area contributed by atoms with E-state index in [9.17, 15) is 9.59 Å². The van der Waals surface area contributed by atoms with Gasteiger partial charge >= 0.3 is 46.8 Å². The van der Waals surface area contributed by atoms with Gasteiger partial charge in [0.15, 0.2) is 0 Å². The third kappa shape index (κ3) is 17.7. The van der Waals surface area contributed by atoms with Crippen LogP contribution in [0.1, 0.15) is 0 Å². The zero-order chi connectivity index (χ0) is 5.54. The van der Waals surface area contributed by atoms with Crippen molar-refractivity contribution >= 4 is 12.2 Å². The predicted molar refractivity (Wildman–Crippen MR) is 16.2 cm³/mol. The fourth-order valence-corrected chi connectivity index (χ4v) is 0.484. The van der Waals surface area contributed by atoms with Crippen LogP contribution >= 0.6 is 0 Å². The van der Waals surface area contributed by atoms with E-state index in [2.05, 4.69) is 7.47 Å². The van der Waals surface area contributed by atoms with E-state index in [0.29, 0.717) is 0 Å². The largest absolute Gasteiger partial charge is 0 e. The smallest absolute Gasteiger partial charge is 0 e. The SMILES string of the molecule is O=C=[N][Zn][N]=C=O.[Ni].[Zn]. The van der Waals surface area contributed by atoms with E-state index in [1.54, 1.807) is 0 Å². The Labute approximate surface area is 82.4 Å². The second-order valence-electron chi connectivity index (χ2n) is 0.640. The first-order valence-electron chi connectivity index (χ1n) is 1.49. The molecule has 0 saturated heterocycles. The van der Waals surface area contributed by atoms with Gasteiger partial charge in [-0.05, 0) is 0 Å². The number of isocyanates is 2. The molecule has 9 heavy (non-hydrogen) atoms. The molecular formula is C2N2NiO2Zn2. The summed E-state index contributed by atoms with van der Waals surface area (Å²) >= 11 is -1.55. The van der Waals surface area contributed by atoms with Crippen LogP contribution < -0.4 is 0 Å². The first-order valence-corrected chi connectivity index (χ1v) is 4.14. The van der Waals surface area contributed by atoms with Crippen LogP contribution in [0.5, 0.6) is 0 Å². The number of rotatable bonds is 2. The predicted octanol–water partition coefficient (Wildman–Crippen LogP) is -0.434. The van der Waals surface area contributed by atoms with Crippen LogP contribution in [0.25, 0.3) is 0 Å². The Kier molecular flexibility index (Phi) is 28.5. The number of hydrogen-bond donors (Lipinski definition) is 0. The van der Waals surface area contributed by atoms with Gasteiger partial charge < -0.3 is 0 Å². The maximum Gasteiger partial charge on any atom is 0 e. The minimum absolute atomic E-state index is 0. The van der Waals surface area contributed by atoms with Crippen molar-refractivity contribution in [2.24, 2.45) is 7.47 Å². The summed E-state index contributed by atoms with van der Waals surface area (Å²) in [4.78, 5) is 18.5. The van der Waals surface area contributed by atoms with Crippen LogP contribution in [0.2, 0.25) is 0 Å². The summed E-state index contributed by atoms with van der Waals surface area (Å²) in [6.07, 6.45) is 2.58. The van der Waals surface area contributed by atoms with Gasteiger partial charge in [-0.2, -0.15) is 0 Å². The Balaban J connectivity index is -0.000000180. The van der Waals surface area contributed by atoms with Gasteiger partial charge in [-0.3, -0.25) is 0 Å². The van der Waals surface area contributed by atoms with Gasteiger partial charge in [-0.25, -0.2) is 0 Å². The average molecular weight is 274 g/mol. The summed E-state index contributed by atoms with van der Waals surface area (Å²) in [6.45, 7) is 0. The Hall–Kier alpha value is 0.500. The van der Waals surface area contributed by atoms with E-state index in [4.69, 9.17) is 0 Å². The minimum atomic E-state index is -1.55.